The lowest BCUT2D eigenvalue weighted by Gasteiger charge is -2.18. The van der Waals surface area contributed by atoms with Crippen molar-refractivity contribution in [3.63, 3.8) is 0 Å². The van der Waals surface area contributed by atoms with Crippen molar-refractivity contribution in [1.29, 1.82) is 0 Å². The second kappa shape index (κ2) is 8.35. The fourth-order valence-corrected chi connectivity index (χ4v) is 7.15. The summed E-state index contributed by atoms with van der Waals surface area (Å²) >= 11 is 1.22. The van der Waals surface area contributed by atoms with Crippen molar-refractivity contribution in [3.8, 4) is 0 Å². The Morgan fingerprint density at radius 3 is 2.31 bits per heavy atom. The van der Waals surface area contributed by atoms with Crippen molar-refractivity contribution in [3.05, 3.63) is 81.8 Å². The molecular weight excluding hydrogens is 433 g/mol. The molecule has 0 bridgehead atoms. The lowest BCUT2D eigenvalue weighted by Crippen LogP contribution is -2.32. The van der Waals surface area contributed by atoms with Gasteiger partial charge in [0.1, 0.15) is 11.1 Å². The van der Waals surface area contributed by atoms with Gasteiger partial charge in [-0.1, -0.05) is 18.2 Å². The number of hydrogen-bond donors (Lipinski definition) is 1. The summed E-state index contributed by atoms with van der Waals surface area (Å²) in [5, 5.41) is 0.592. The van der Waals surface area contributed by atoms with E-state index in [4.69, 9.17) is 0 Å². The summed E-state index contributed by atoms with van der Waals surface area (Å²) in [5.41, 5.74) is 1.35. The minimum atomic E-state index is -3.95. The van der Waals surface area contributed by atoms with Gasteiger partial charge in [0.15, 0.2) is 9.84 Å². The molecule has 3 aromatic rings. The molecule has 1 N–H and O–H groups in total. The first kappa shape index (κ1) is 21.6. The number of sulfone groups is 1. The zero-order valence-electron chi connectivity index (χ0n) is 15.8. The molecule has 0 radical (unpaired) electrons. The zero-order valence-corrected chi connectivity index (χ0v) is 18.2. The molecule has 1 unspecified atom stereocenters. The standard InChI is InChI=1S/C20H20FNO4S3/c1-14-5-6-15(2)19(12-14)29(25,26)22-13-20(18-4-3-11-27-18)28(23,24)17-9-7-16(21)8-10-17/h3-12,20,22H,13H2,1-2H3. The predicted molar refractivity (Wildman–Crippen MR) is 112 cm³/mol. The van der Waals surface area contributed by atoms with Crippen LogP contribution in [0.4, 0.5) is 4.39 Å². The normalized spacial score (nSPS) is 13.3. The van der Waals surface area contributed by atoms with Crippen molar-refractivity contribution in [2.45, 2.75) is 28.9 Å². The lowest BCUT2D eigenvalue weighted by atomic mass is 10.2. The second-order valence-electron chi connectivity index (χ2n) is 6.62. The molecule has 0 amide bonds. The second-order valence-corrected chi connectivity index (χ2v) is 11.5. The maximum absolute atomic E-state index is 13.2. The van der Waals surface area contributed by atoms with Crippen LogP contribution in [0.1, 0.15) is 21.3 Å². The van der Waals surface area contributed by atoms with E-state index in [2.05, 4.69) is 4.72 Å². The van der Waals surface area contributed by atoms with Crippen LogP contribution in [0.2, 0.25) is 0 Å². The van der Waals surface area contributed by atoms with E-state index in [1.165, 1.54) is 23.5 Å². The molecule has 1 heterocycles. The van der Waals surface area contributed by atoms with E-state index in [0.29, 0.717) is 10.4 Å². The van der Waals surface area contributed by atoms with Crippen LogP contribution < -0.4 is 4.72 Å². The van der Waals surface area contributed by atoms with Crippen molar-refractivity contribution in [2.75, 3.05) is 6.54 Å². The molecule has 0 aliphatic rings. The number of nitrogens with one attached hydrogen (secondary N) is 1. The van der Waals surface area contributed by atoms with E-state index in [0.717, 1.165) is 17.7 Å². The molecule has 2 aromatic carbocycles. The molecule has 29 heavy (non-hydrogen) atoms. The van der Waals surface area contributed by atoms with Crippen LogP contribution in [0, 0.1) is 19.7 Å². The van der Waals surface area contributed by atoms with Gasteiger partial charge in [0.25, 0.3) is 0 Å². The number of aryl methyl sites for hydroxylation is 2. The third kappa shape index (κ3) is 4.75. The highest BCUT2D eigenvalue weighted by atomic mass is 32.2. The van der Waals surface area contributed by atoms with Crippen LogP contribution >= 0.6 is 11.3 Å². The first-order valence-corrected chi connectivity index (χ1v) is 12.6. The Morgan fingerprint density at radius 1 is 1.00 bits per heavy atom. The van der Waals surface area contributed by atoms with Gasteiger partial charge in [0.2, 0.25) is 10.0 Å². The smallest absolute Gasteiger partial charge is 0.223 e. The van der Waals surface area contributed by atoms with Crippen molar-refractivity contribution >= 4 is 31.2 Å². The van der Waals surface area contributed by atoms with Crippen LogP contribution in [0.25, 0.3) is 0 Å². The first-order chi connectivity index (χ1) is 13.6. The van der Waals surface area contributed by atoms with E-state index >= 15 is 0 Å². The number of hydrogen-bond acceptors (Lipinski definition) is 5. The third-order valence-corrected chi connectivity index (χ3v) is 9.27. The molecule has 0 saturated carbocycles. The Balaban J connectivity index is 1.95. The summed E-state index contributed by atoms with van der Waals surface area (Å²) in [4.78, 5) is 0.544. The Bertz CT molecular complexity index is 1200. The average molecular weight is 454 g/mol. The van der Waals surface area contributed by atoms with Crippen LogP contribution in [0.3, 0.4) is 0 Å². The fraction of sp³-hybridized carbons (Fsp3) is 0.200. The van der Waals surface area contributed by atoms with Gasteiger partial charge < -0.3 is 0 Å². The van der Waals surface area contributed by atoms with Gasteiger partial charge in [-0.3, -0.25) is 0 Å². The quantitative estimate of drug-likeness (QED) is 0.549. The van der Waals surface area contributed by atoms with Crippen molar-refractivity contribution in [1.82, 2.24) is 4.72 Å². The van der Waals surface area contributed by atoms with E-state index in [1.807, 2.05) is 6.07 Å². The molecule has 0 spiro atoms. The Morgan fingerprint density at radius 2 is 1.69 bits per heavy atom. The van der Waals surface area contributed by atoms with Crippen LogP contribution in [0.15, 0.2) is 69.8 Å². The summed E-state index contributed by atoms with van der Waals surface area (Å²) in [5.74, 6) is -0.549. The molecule has 5 nitrogen and oxygen atoms in total. The molecule has 1 atom stereocenters. The van der Waals surface area contributed by atoms with E-state index in [-0.39, 0.29) is 16.3 Å². The molecule has 9 heteroatoms. The van der Waals surface area contributed by atoms with Gasteiger partial charge in [-0.2, -0.15) is 0 Å². The van der Waals surface area contributed by atoms with Gasteiger partial charge >= 0.3 is 0 Å². The summed E-state index contributed by atoms with van der Waals surface area (Å²) in [7, 11) is -7.87. The van der Waals surface area contributed by atoms with Crippen LogP contribution in [0.5, 0.6) is 0 Å². The van der Waals surface area contributed by atoms with E-state index < -0.39 is 30.9 Å². The number of benzene rings is 2. The number of halogens is 1. The summed E-state index contributed by atoms with van der Waals surface area (Å²) in [6, 6.07) is 12.9. The van der Waals surface area contributed by atoms with Gasteiger partial charge in [0, 0.05) is 11.4 Å². The van der Waals surface area contributed by atoms with Gasteiger partial charge in [-0.25, -0.2) is 25.9 Å². The molecule has 0 saturated heterocycles. The summed E-state index contributed by atoms with van der Waals surface area (Å²) in [6.45, 7) is 3.13. The number of sulfonamides is 1. The lowest BCUT2D eigenvalue weighted by molar-refractivity contribution is 0.569. The van der Waals surface area contributed by atoms with E-state index in [9.17, 15) is 21.2 Å². The molecule has 3 rings (SSSR count). The van der Waals surface area contributed by atoms with Crippen LogP contribution in [-0.2, 0) is 19.9 Å². The highest BCUT2D eigenvalue weighted by molar-refractivity contribution is 7.92. The zero-order chi connectivity index (χ0) is 21.2. The monoisotopic (exact) mass is 453 g/mol. The van der Waals surface area contributed by atoms with Gasteiger partial charge in [0.05, 0.1) is 9.79 Å². The Kier molecular flexibility index (Phi) is 6.23. The predicted octanol–water partition coefficient (Wildman–Crippen LogP) is 4.00. The van der Waals surface area contributed by atoms with E-state index in [1.54, 1.807) is 43.5 Å². The maximum atomic E-state index is 13.2. The molecular formula is C20H20FNO4S3. The first-order valence-electron chi connectivity index (χ1n) is 8.71. The fourth-order valence-electron chi connectivity index (χ4n) is 2.89. The highest BCUT2D eigenvalue weighted by Crippen LogP contribution is 2.32. The number of rotatable bonds is 7. The minimum Gasteiger partial charge on any atom is -0.223 e. The number of thiophene rings is 1. The SMILES string of the molecule is Cc1ccc(C)c(S(=O)(=O)NCC(c2cccs2)S(=O)(=O)c2ccc(F)cc2)c1. The molecule has 0 aliphatic heterocycles. The summed E-state index contributed by atoms with van der Waals surface area (Å²) in [6.07, 6.45) is 0. The average Bonchev–Trinajstić information content (AvgIpc) is 3.18. The molecule has 0 aliphatic carbocycles. The van der Waals surface area contributed by atoms with Crippen LogP contribution in [-0.4, -0.2) is 23.4 Å². The van der Waals surface area contributed by atoms with Crippen molar-refractivity contribution in [2.24, 2.45) is 0 Å². The molecule has 1 aromatic heterocycles. The Hall–Kier alpha value is -2.07. The maximum Gasteiger partial charge on any atom is 0.240 e. The Labute approximate surface area is 174 Å². The highest BCUT2D eigenvalue weighted by Gasteiger charge is 2.32. The largest absolute Gasteiger partial charge is 0.240 e. The van der Waals surface area contributed by atoms with Gasteiger partial charge in [-0.15, -0.1) is 11.3 Å². The molecule has 154 valence electrons. The van der Waals surface area contributed by atoms with Gasteiger partial charge in [-0.05, 0) is 66.8 Å². The van der Waals surface area contributed by atoms with Crippen molar-refractivity contribution < 1.29 is 21.2 Å². The minimum absolute atomic E-state index is 0.0664. The topological polar surface area (TPSA) is 80.3 Å². The third-order valence-electron chi connectivity index (χ3n) is 4.47. The summed E-state index contributed by atoms with van der Waals surface area (Å²) < 4.78 is 67.7. The molecule has 0 fully saturated rings.